The van der Waals surface area contributed by atoms with Crippen molar-refractivity contribution >= 4 is 11.8 Å². The molecule has 1 aliphatic rings. The van der Waals surface area contributed by atoms with Gasteiger partial charge in [0, 0.05) is 25.2 Å². The third-order valence-electron chi connectivity index (χ3n) is 3.92. The first-order valence-electron chi connectivity index (χ1n) is 7.31. The monoisotopic (exact) mass is 316 g/mol. The predicted octanol–water partition coefficient (Wildman–Crippen LogP) is -0.638. The third-order valence-corrected chi connectivity index (χ3v) is 3.92. The van der Waals surface area contributed by atoms with E-state index in [-0.39, 0.29) is 12.2 Å². The van der Waals surface area contributed by atoms with Gasteiger partial charge in [-0.1, -0.05) is 18.2 Å². The minimum atomic E-state index is -0.806. The smallest absolute Gasteiger partial charge is 0.327 e. The molecule has 1 atom stereocenters. The molecule has 1 unspecified atom stereocenters. The molecule has 1 aromatic carbocycles. The van der Waals surface area contributed by atoms with Gasteiger partial charge in [-0.3, -0.25) is 9.59 Å². The highest BCUT2D eigenvalue weighted by Gasteiger charge is 2.35. The van der Waals surface area contributed by atoms with E-state index in [1.54, 1.807) is 24.3 Å². The van der Waals surface area contributed by atoms with Crippen LogP contribution >= 0.6 is 0 Å². The Kier molecular flexibility index (Phi) is 3.96. The molecule has 1 aromatic heterocycles. The fourth-order valence-electron chi connectivity index (χ4n) is 2.72. The largest absolute Gasteiger partial charge is 0.538 e. The number of primary amides is 1. The fourth-order valence-corrected chi connectivity index (χ4v) is 2.72. The molecule has 0 spiro atoms. The van der Waals surface area contributed by atoms with Crippen LogP contribution in [0.25, 0.3) is 5.69 Å². The second-order valence-electron chi connectivity index (χ2n) is 5.45. The summed E-state index contributed by atoms with van der Waals surface area (Å²) < 4.78 is 5.83. The van der Waals surface area contributed by atoms with Crippen LogP contribution in [-0.2, 0) is 4.79 Å². The lowest BCUT2D eigenvalue weighted by Gasteiger charge is -2.30. The average molecular weight is 316 g/mol. The number of hydrogen-bond donors (Lipinski definition) is 1. The Bertz CT molecular complexity index is 728. The van der Waals surface area contributed by atoms with E-state index in [4.69, 9.17) is 5.73 Å². The number of hydrogen-bond acceptors (Lipinski definition) is 5. The SMILES string of the molecule is NC(=O)C1CCCN(C(=O)c2c([O-])on[n+]2-c2ccccc2)C1. The van der Waals surface area contributed by atoms with E-state index < -0.39 is 23.7 Å². The number of aromatic nitrogens is 2. The quantitative estimate of drug-likeness (QED) is 0.756. The predicted molar refractivity (Wildman–Crippen MR) is 75.3 cm³/mol. The summed E-state index contributed by atoms with van der Waals surface area (Å²) in [5.41, 5.74) is 5.69. The Morgan fingerprint density at radius 3 is 2.78 bits per heavy atom. The summed E-state index contributed by atoms with van der Waals surface area (Å²) in [7, 11) is 0. The molecule has 1 fully saturated rings. The minimum absolute atomic E-state index is 0.179. The highest BCUT2D eigenvalue weighted by molar-refractivity contribution is 5.93. The number of nitrogens with zero attached hydrogens (tertiary/aromatic N) is 3. The van der Waals surface area contributed by atoms with Crippen LogP contribution in [-0.4, -0.2) is 35.1 Å². The van der Waals surface area contributed by atoms with Crippen molar-refractivity contribution in [3.05, 3.63) is 36.0 Å². The standard InChI is InChI=1S/C15H16N4O4/c16-13(20)10-5-4-8-18(9-10)14(21)12-15(22)23-17-19(12)11-6-2-1-3-7-11/h1-3,6-7,10H,4-5,8-9H2,(H2-,16,17,20,21,22). The maximum absolute atomic E-state index is 12.7. The molecule has 120 valence electrons. The lowest BCUT2D eigenvalue weighted by atomic mass is 9.97. The molecule has 2 N–H and O–H groups in total. The number of benzene rings is 1. The normalized spacial score (nSPS) is 17.9. The Labute approximate surface area is 132 Å². The Morgan fingerprint density at radius 1 is 1.35 bits per heavy atom. The molecule has 8 heteroatoms. The van der Waals surface area contributed by atoms with Gasteiger partial charge in [0.2, 0.25) is 11.6 Å². The third kappa shape index (κ3) is 2.87. The second-order valence-corrected chi connectivity index (χ2v) is 5.45. The molecule has 1 aliphatic heterocycles. The molecule has 0 radical (unpaired) electrons. The zero-order valence-corrected chi connectivity index (χ0v) is 12.3. The lowest BCUT2D eigenvalue weighted by Crippen LogP contribution is -2.48. The topological polar surface area (TPSA) is 116 Å². The summed E-state index contributed by atoms with van der Waals surface area (Å²) in [6, 6.07) is 8.76. The molecule has 8 nitrogen and oxygen atoms in total. The number of likely N-dealkylation sites (tertiary alicyclic amines) is 1. The van der Waals surface area contributed by atoms with Crippen LogP contribution in [0.15, 0.2) is 34.9 Å². The molecular formula is C15H16N4O4. The number of rotatable bonds is 3. The Morgan fingerprint density at radius 2 is 2.09 bits per heavy atom. The summed E-state index contributed by atoms with van der Waals surface area (Å²) in [5, 5.41) is 15.6. The number of carbonyl (C=O) groups is 2. The summed E-state index contributed by atoms with van der Waals surface area (Å²) >= 11 is 0. The zero-order valence-electron chi connectivity index (χ0n) is 12.3. The van der Waals surface area contributed by atoms with E-state index in [2.05, 4.69) is 9.79 Å². The van der Waals surface area contributed by atoms with E-state index in [0.29, 0.717) is 25.1 Å². The maximum atomic E-state index is 12.7. The second kappa shape index (κ2) is 6.07. The van der Waals surface area contributed by atoms with Crippen LogP contribution < -0.4 is 15.5 Å². The Hall–Kier alpha value is -2.90. The van der Waals surface area contributed by atoms with Gasteiger partial charge in [0.05, 0.1) is 11.2 Å². The van der Waals surface area contributed by atoms with Crippen molar-refractivity contribution in [2.24, 2.45) is 11.7 Å². The number of nitrogens with two attached hydrogens (primary N) is 1. The molecular weight excluding hydrogens is 300 g/mol. The minimum Gasteiger partial charge on any atom is -0.538 e. The van der Waals surface area contributed by atoms with Crippen LogP contribution in [0.3, 0.4) is 0 Å². The first-order valence-corrected chi connectivity index (χ1v) is 7.31. The number of piperidine rings is 1. The van der Waals surface area contributed by atoms with Crippen LogP contribution in [0, 0.1) is 5.92 Å². The molecule has 23 heavy (non-hydrogen) atoms. The van der Waals surface area contributed by atoms with Crippen molar-refractivity contribution in [1.82, 2.24) is 10.2 Å². The molecule has 2 amide bonds. The van der Waals surface area contributed by atoms with E-state index in [1.807, 2.05) is 6.07 Å². The van der Waals surface area contributed by atoms with Gasteiger partial charge in [0.15, 0.2) is 5.95 Å². The van der Waals surface area contributed by atoms with Crippen molar-refractivity contribution in [2.75, 3.05) is 13.1 Å². The molecule has 1 saturated heterocycles. The van der Waals surface area contributed by atoms with E-state index in [1.165, 1.54) is 9.58 Å². The number of para-hydroxylation sites is 1. The summed E-state index contributed by atoms with van der Waals surface area (Å²) in [5.74, 6) is -2.15. The van der Waals surface area contributed by atoms with Crippen LogP contribution in [0.2, 0.25) is 0 Å². The van der Waals surface area contributed by atoms with Gasteiger partial charge in [-0.15, -0.1) is 0 Å². The molecule has 0 bridgehead atoms. The molecule has 3 rings (SSSR count). The van der Waals surface area contributed by atoms with Gasteiger partial charge in [-0.2, -0.15) is 0 Å². The lowest BCUT2D eigenvalue weighted by molar-refractivity contribution is -0.672. The van der Waals surface area contributed by atoms with Crippen molar-refractivity contribution in [3.63, 3.8) is 0 Å². The van der Waals surface area contributed by atoms with Crippen molar-refractivity contribution in [2.45, 2.75) is 12.8 Å². The van der Waals surface area contributed by atoms with Crippen LogP contribution in [0.1, 0.15) is 23.3 Å². The molecule has 0 saturated carbocycles. The van der Waals surface area contributed by atoms with Gasteiger partial charge in [-0.25, -0.2) is 0 Å². The molecule has 2 aromatic rings. The van der Waals surface area contributed by atoms with Gasteiger partial charge < -0.3 is 20.3 Å². The first-order chi connectivity index (χ1) is 11.1. The number of carbonyl (C=O) groups excluding carboxylic acids is 2. The first kappa shape index (κ1) is 15.0. The van der Waals surface area contributed by atoms with Crippen LogP contribution in [0.5, 0.6) is 5.95 Å². The van der Waals surface area contributed by atoms with Crippen molar-refractivity contribution in [3.8, 4) is 11.6 Å². The summed E-state index contributed by atoms with van der Waals surface area (Å²) in [6.07, 6.45) is 1.30. The van der Waals surface area contributed by atoms with E-state index >= 15 is 0 Å². The van der Waals surface area contributed by atoms with Gasteiger partial charge in [-0.05, 0) is 17.5 Å². The summed E-state index contributed by atoms with van der Waals surface area (Å²) in [6.45, 7) is 0.662. The fraction of sp³-hybridized carbons (Fsp3) is 0.333. The van der Waals surface area contributed by atoms with E-state index in [0.717, 1.165) is 0 Å². The van der Waals surface area contributed by atoms with Gasteiger partial charge in [0.25, 0.3) is 0 Å². The van der Waals surface area contributed by atoms with Crippen molar-refractivity contribution < 1.29 is 23.9 Å². The maximum Gasteiger partial charge on any atom is 0.327 e. The van der Waals surface area contributed by atoms with E-state index in [9.17, 15) is 14.7 Å². The highest BCUT2D eigenvalue weighted by atomic mass is 16.6. The zero-order chi connectivity index (χ0) is 16.4. The van der Waals surface area contributed by atoms with Crippen molar-refractivity contribution in [1.29, 1.82) is 0 Å². The average Bonchev–Trinajstić information content (AvgIpc) is 2.96. The molecule has 0 aliphatic carbocycles. The Balaban J connectivity index is 1.91. The summed E-state index contributed by atoms with van der Waals surface area (Å²) in [4.78, 5) is 25.5. The highest BCUT2D eigenvalue weighted by Crippen LogP contribution is 2.20. The van der Waals surface area contributed by atoms with Gasteiger partial charge in [0.1, 0.15) is 0 Å². The number of amides is 2. The molecule has 2 heterocycles. The van der Waals surface area contributed by atoms with Crippen LogP contribution in [0.4, 0.5) is 0 Å². The van der Waals surface area contributed by atoms with Gasteiger partial charge >= 0.3 is 11.6 Å².